The summed E-state index contributed by atoms with van der Waals surface area (Å²) in [5, 5.41) is 11.7. The third-order valence-electron chi connectivity index (χ3n) is 2.68. The Morgan fingerprint density at radius 1 is 1.79 bits per heavy atom. The fourth-order valence-electron chi connectivity index (χ4n) is 1.91. The van der Waals surface area contributed by atoms with Crippen LogP contribution in [0.3, 0.4) is 0 Å². The van der Waals surface area contributed by atoms with Crippen LogP contribution in [0.15, 0.2) is 12.7 Å². The van der Waals surface area contributed by atoms with Crippen LogP contribution in [0.4, 0.5) is 0 Å². The van der Waals surface area contributed by atoms with Crippen LogP contribution in [-0.4, -0.2) is 12.5 Å². The zero-order chi connectivity index (χ0) is 10.6. The quantitative estimate of drug-likeness (QED) is 0.543. The molecule has 0 radical (unpaired) electrons. The van der Waals surface area contributed by atoms with E-state index in [1.54, 1.807) is 6.08 Å². The van der Waals surface area contributed by atoms with E-state index in [1.807, 2.05) is 0 Å². The second-order valence-corrected chi connectivity index (χ2v) is 4.04. The van der Waals surface area contributed by atoms with Crippen LogP contribution in [0.2, 0.25) is 0 Å². The zero-order valence-electron chi connectivity index (χ0n) is 8.55. The summed E-state index contributed by atoms with van der Waals surface area (Å²) in [6, 6.07) is 2.13. The van der Waals surface area contributed by atoms with Crippen molar-refractivity contribution in [2.75, 3.05) is 6.54 Å². The van der Waals surface area contributed by atoms with E-state index in [0.29, 0.717) is 25.3 Å². The van der Waals surface area contributed by atoms with Crippen LogP contribution >= 0.6 is 0 Å². The standard InChI is InChI=1S/C11H16N2O/c1-3-4-5-13-10(14)11(8-12)6-9(2)7-11/h3,9H,1,4-7H2,2H3,(H,13,14). The van der Waals surface area contributed by atoms with Crippen molar-refractivity contribution in [2.45, 2.75) is 26.2 Å². The van der Waals surface area contributed by atoms with Gasteiger partial charge in [0.15, 0.2) is 0 Å². The van der Waals surface area contributed by atoms with E-state index in [1.165, 1.54) is 0 Å². The molecule has 3 nitrogen and oxygen atoms in total. The van der Waals surface area contributed by atoms with Crippen LogP contribution in [-0.2, 0) is 4.79 Å². The predicted octanol–water partition coefficient (Wildman–Crippen LogP) is 1.62. The molecule has 76 valence electrons. The predicted molar refractivity (Wildman–Crippen MR) is 54.3 cm³/mol. The molecule has 1 N–H and O–H groups in total. The first-order chi connectivity index (χ1) is 6.64. The highest BCUT2D eigenvalue weighted by Crippen LogP contribution is 2.44. The first kappa shape index (κ1) is 10.8. The molecule has 1 aliphatic rings. The topological polar surface area (TPSA) is 52.9 Å². The smallest absolute Gasteiger partial charge is 0.240 e. The van der Waals surface area contributed by atoms with E-state index in [0.717, 1.165) is 6.42 Å². The number of rotatable bonds is 4. The Balaban J connectivity index is 2.43. The minimum Gasteiger partial charge on any atom is -0.354 e. The largest absolute Gasteiger partial charge is 0.354 e. The molecule has 0 aliphatic heterocycles. The lowest BCUT2D eigenvalue weighted by atomic mass is 9.63. The Hall–Kier alpha value is -1.30. The Morgan fingerprint density at radius 3 is 2.86 bits per heavy atom. The summed E-state index contributed by atoms with van der Waals surface area (Å²) in [6.07, 6.45) is 3.90. The van der Waals surface area contributed by atoms with Gasteiger partial charge in [-0.05, 0) is 25.2 Å². The fraction of sp³-hybridized carbons (Fsp3) is 0.636. The molecule has 0 saturated heterocycles. The average Bonchev–Trinajstić information content (AvgIpc) is 2.12. The number of amides is 1. The number of hydrogen-bond donors (Lipinski definition) is 1. The number of carbonyl (C=O) groups is 1. The van der Waals surface area contributed by atoms with Gasteiger partial charge >= 0.3 is 0 Å². The first-order valence-corrected chi connectivity index (χ1v) is 4.95. The molecule has 1 aliphatic carbocycles. The summed E-state index contributed by atoms with van der Waals surface area (Å²) in [6.45, 7) is 6.22. The second kappa shape index (κ2) is 4.28. The van der Waals surface area contributed by atoms with Crippen LogP contribution in [0, 0.1) is 22.7 Å². The van der Waals surface area contributed by atoms with E-state index in [2.05, 4.69) is 24.9 Å². The minimum atomic E-state index is -0.736. The maximum Gasteiger partial charge on any atom is 0.240 e. The Morgan fingerprint density at radius 2 is 2.43 bits per heavy atom. The first-order valence-electron chi connectivity index (χ1n) is 4.95. The van der Waals surface area contributed by atoms with Crippen molar-refractivity contribution in [3.63, 3.8) is 0 Å². The fourth-order valence-corrected chi connectivity index (χ4v) is 1.91. The van der Waals surface area contributed by atoms with Gasteiger partial charge in [0.2, 0.25) is 5.91 Å². The lowest BCUT2D eigenvalue weighted by Gasteiger charge is -2.39. The molecule has 1 fully saturated rings. The summed E-state index contributed by atoms with van der Waals surface area (Å²) in [5.74, 6) is 0.389. The van der Waals surface area contributed by atoms with Crippen molar-refractivity contribution < 1.29 is 4.79 Å². The number of nitriles is 1. The van der Waals surface area contributed by atoms with Crippen molar-refractivity contribution in [1.29, 1.82) is 5.26 Å². The molecule has 0 aromatic rings. The molecule has 0 unspecified atom stereocenters. The summed E-state index contributed by atoms with van der Waals surface area (Å²) in [5.41, 5.74) is -0.736. The molecule has 14 heavy (non-hydrogen) atoms. The highest BCUT2D eigenvalue weighted by Gasteiger charge is 2.48. The van der Waals surface area contributed by atoms with Gasteiger partial charge in [0, 0.05) is 6.54 Å². The van der Waals surface area contributed by atoms with Gasteiger partial charge in [0.1, 0.15) is 5.41 Å². The van der Waals surface area contributed by atoms with Gasteiger partial charge < -0.3 is 5.32 Å². The van der Waals surface area contributed by atoms with Crippen molar-refractivity contribution in [2.24, 2.45) is 11.3 Å². The van der Waals surface area contributed by atoms with Crippen molar-refractivity contribution in [3.8, 4) is 6.07 Å². The molecule has 0 heterocycles. The molecule has 0 spiro atoms. The van der Waals surface area contributed by atoms with E-state index in [-0.39, 0.29) is 5.91 Å². The van der Waals surface area contributed by atoms with Gasteiger partial charge in [-0.1, -0.05) is 13.0 Å². The van der Waals surface area contributed by atoms with Crippen LogP contribution in [0.5, 0.6) is 0 Å². The van der Waals surface area contributed by atoms with E-state index in [4.69, 9.17) is 5.26 Å². The van der Waals surface area contributed by atoms with E-state index in [9.17, 15) is 4.79 Å². The van der Waals surface area contributed by atoms with Gasteiger partial charge in [-0.2, -0.15) is 5.26 Å². The highest BCUT2D eigenvalue weighted by atomic mass is 16.2. The maximum atomic E-state index is 11.6. The molecule has 0 aromatic heterocycles. The normalized spacial score (nSPS) is 29.9. The summed E-state index contributed by atoms with van der Waals surface area (Å²) < 4.78 is 0. The molecule has 0 bridgehead atoms. The molecule has 1 rings (SSSR count). The number of nitrogens with zero attached hydrogens (tertiary/aromatic N) is 1. The zero-order valence-corrected chi connectivity index (χ0v) is 8.55. The molecular weight excluding hydrogens is 176 g/mol. The third kappa shape index (κ3) is 1.95. The Bertz CT molecular complexity index is 272. The SMILES string of the molecule is C=CCCNC(=O)C1(C#N)CC(C)C1. The second-order valence-electron chi connectivity index (χ2n) is 4.04. The Labute approximate surface area is 84.8 Å². The molecule has 1 amide bonds. The summed E-state index contributed by atoms with van der Waals surface area (Å²) in [7, 11) is 0. The third-order valence-corrected chi connectivity index (χ3v) is 2.68. The van der Waals surface area contributed by atoms with E-state index < -0.39 is 5.41 Å². The number of hydrogen-bond acceptors (Lipinski definition) is 2. The van der Waals surface area contributed by atoms with Gasteiger partial charge in [0.05, 0.1) is 6.07 Å². The van der Waals surface area contributed by atoms with Gasteiger partial charge in [0.25, 0.3) is 0 Å². The molecule has 3 heteroatoms. The lowest BCUT2D eigenvalue weighted by Crippen LogP contribution is -2.48. The van der Waals surface area contributed by atoms with Crippen molar-refractivity contribution in [3.05, 3.63) is 12.7 Å². The highest BCUT2D eigenvalue weighted by molar-refractivity contribution is 5.86. The van der Waals surface area contributed by atoms with Crippen molar-refractivity contribution >= 4 is 5.91 Å². The summed E-state index contributed by atoms with van der Waals surface area (Å²) in [4.78, 5) is 11.6. The monoisotopic (exact) mass is 192 g/mol. The maximum absolute atomic E-state index is 11.6. The van der Waals surface area contributed by atoms with Gasteiger partial charge in [-0.3, -0.25) is 4.79 Å². The summed E-state index contributed by atoms with van der Waals surface area (Å²) >= 11 is 0. The number of nitrogens with one attached hydrogen (secondary N) is 1. The molecule has 0 atom stereocenters. The molecular formula is C11H16N2O. The minimum absolute atomic E-state index is 0.111. The Kier molecular flexibility index (Phi) is 3.29. The van der Waals surface area contributed by atoms with E-state index >= 15 is 0 Å². The molecule has 0 aromatic carbocycles. The van der Waals surface area contributed by atoms with Gasteiger partial charge in [-0.25, -0.2) is 0 Å². The molecule has 1 saturated carbocycles. The lowest BCUT2D eigenvalue weighted by molar-refractivity contribution is -0.133. The van der Waals surface area contributed by atoms with Crippen molar-refractivity contribution in [1.82, 2.24) is 5.32 Å². The average molecular weight is 192 g/mol. The van der Waals surface area contributed by atoms with Crippen LogP contribution in [0.1, 0.15) is 26.2 Å². The van der Waals surface area contributed by atoms with Crippen LogP contribution in [0.25, 0.3) is 0 Å². The number of carbonyl (C=O) groups excluding carboxylic acids is 1. The van der Waals surface area contributed by atoms with Crippen LogP contribution < -0.4 is 5.32 Å². The van der Waals surface area contributed by atoms with Gasteiger partial charge in [-0.15, -0.1) is 6.58 Å².